The minimum absolute atomic E-state index is 0.0625. The van der Waals surface area contributed by atoms with Crippen LogP contribution in [0.5, 0.6) is 0 Å². The van der Waals surface area contributed by atoms with Crippen molar-refractivity contribution in [3.05, 3.63) is 118 Å². The number of rotatable bonds is 26. The molecule has 65 heavy (non-hydrogen) atoms. The summed E-state index contributed by atoms with van der Waals surface area (Å²) >= 11 is 0. The van der Waals surface area contributed by atoms with E-state index in [1.807, 2.05) is 0 Å². The minimum Gasteiger partial charge on any atom is -0.375 e. The van der Waals surface area contributed by atoms with Crippen molar-refractivity contribution in [1.29, 1.82) is 0 Å². The lowest BCUT2D eigenvalue weighted by Crippen LogP contribution is -2.35. The normalized spacial score (nSPS) is 12.8. The summed E-state index contributed by atoms with van der Waals surface area (Å²) < 4.78 is 2.07. The van der Waals surface area contributed by atoms with Gasteiger partial charge in [-0.05, 0) is 146 Å². The monoisotopic (exact) mass is 877 g/mol. The summed E-state index contributed by atoms with van der Waals surface area (Å²) in [6.45, 7) is 9.19. The third-order valence-electron chi connectivity index (χ3n) is 13.7. The molecular formula is C61H88N4+2. The number of hydrogen-bond donors (Lipinski definition) is 0. The molecule has 4 nitrogen and oxygen atoms in total. The SMILES string of the molecule is CCCCCCN(C)c1ccc(C#Cc2ccc3c(c2)C(CCCCCC[N+](C)(C)C)(CCCCCC[N+](C)(C)C)c2cc(C#Cc4ccc(N(C)CCCCCC)cc4)ccc2-3)cc1. The van der Waals surface area contributed by atoms with Crippen molar-refractivity contribution >= 4 is 11.4 Å². The second kappa shape index (κ2) is 25.4. The number of anilines is 2. The predicted molar refractivity (Wildman–Crippen MR) is 284 cm³/mol. The first-order valence-electron chi connectivity index (χ1n) is 25.8. The van der Waals surface area contributed by atoms with Crippen LogP contribution >= 0.6 is 0 Å². The number of fused-ring (bicyclic) bond motifs is 3. The third kappa shape index (κ3) is 16.4. The van der Waals surface area contributed by atoms with Gasteiger partial charge in [0.1, 0.15) is 0 Å². The summed E-state index contributed by atoms with van der Waals surface area (Å²) in [4.78, 5) is 4.75. The maximum atomic E-state index is 3.63. The molecular weight excluding hydrogens is 789 g/mol. The van der Waals surface area contributed by atoms with Gasteiger partial charge in [-0.15, -0.1) is 0 Å². The summed E-state index contributed by atoms with van der Waals surface area (Å²) in [6.07, 6.45) is 22.7. The van der Waals surface area contributed by atoms with Crippen LogP contribution in [0.15, 0.2) is 84.9 Å². The van der Waals surface area contributed by atoms with Crippen molar-refractivity contribution in [2.45, 2.75) is 135 Å². The summed E-state index contributed by atoms with van der Waals surface area (Å²) in [5.41, 5.74) is 12.6. The van der Waals surface area contributed by atoms with Crippen molar-refractivity contribution in [2.24, 2.45) is 0 Å². The van der Waals surface area contributed by atoms with Crippen molar-refractivity contribution in [2.75, 3.05) is 92.4 Å². The van der Waals surface area contributed by atoms with Crippen LogP contribution < -0.4 is 9.80 Å². The van der Waals surface area contributed by atoms with Gasteiger partial charge >= 0.3 is 0 Å². The lowest BCUT2D eigenvalue weighted by atomic mass is 9.70. The van der Waals surface area contributed by atoms with E-state index in [-0.39, 0.29) is 5.41 Å². The van der Waals surface area contributed by atoms with E-state index in [9.17, 15) is 0 Å². The van der Waals surface area contributed by atoms with Gasteiger partial charge in [0.2, 0.25) is 0 Å². The largest absolute Gasteiger partial charge is 0.375 e. The highest BCUT2D eigenvalue weighted by atomic mass is 15.3. The second-order valence-electron chi connectivity index (χ2n) is 21.5. The number of quaternary nitrogens is 2. The van der Waals surface area contributed by atoms with E-state index in [0.717, 1.165) is 57.2 Å². The molecule has 0 unspecified atom stereocenters. The zero-order chi connectivity index (χ0) is 46.7. The maximum Gasteiger partial charge on any atom is 0.0780 e. The first-order valence-corrected chi connectivity index (χ1v) is 25.8. The average molecular weight is 877 g/mol. The minimum atomic E-state index is -0.0625. The average Bonchev–Trinajstić information content (AvgIpc) is 3.54. The van der Waals surface area contributed by atoms with Gasteiger partial charge in [-0.2, -0.15) is 0 Å². The van der Waals surface area contributed by atoms with E-state index in [2.05, 4.69) is 189 Å². The van der Waals surface area contributed by atoms with Crippen LogP contribution in [-0.4, -0.2) is 91.5 Å². The fourth-order valence-electron chi connectivity index (χ4n) is 9.74. The van der Waals surface area contributed by atoms with Crippen LogP contribution in [-0.2, 0) is 5.41 Å². The Balaban J connectivity index is 1.45. The number of benzene rings is 4. The molecule has 0 atom stereocenters. The Morgan fingerprint density at radius 2 is 0.738 bits per heavy atom. The standard InChI is InChI=1S/C61H88N4/c1-11-13-15-23-45-62(3)55-37-31-51(32-38-55)27-29-53-35-41-57-58-42-36-54(30-28-52-33-39-56(40-34-52)63(4)46-24-16-14-12-2)50-60(58)61(59(57)49-53,43-21-17-19-25-47-64(5,6)7)44-22-18-20-26-48-65(8,9)10/h31-42,49-50H,11-26,43-48H2,1-10H3/q+2. The molecule has 0 bridgehead atoms. The third-order valence-corrected chi connectivity index (χ3v) is 13.7. The summed E-state index contributed by atoms with van der Waals surface area (Å²) in [5, 5.41) is 0. The topological polar surface area (TPSA) is 6.48 Å². The Bertz CT molecular complexity index is 2000. The predicted octanol–water partition coefficient (Wildman–Crippen LogP) is 14.1. The molecule has 0 fully saturated rings. The zero-order valence-electron chi connectivity index (χ0n) is 42.9. The Hall–Kier alpha value is -4.48. The Kier molecular flexibility index (Phi) is 20.2. The van der Waals surface area contributed by atoms with E-state index in [0.29, 0.717) is 0 Å². The fourth-order valence-corrected chi connectivity index (χ4v) is 9.74. The molecule has 0 aliphatic heterocycles. The van der Waals surface area contributed by atoms with E-state index < -0.39 is 0 Å². The molecule has 0 amide bonds. The van der Waals surface area contributed by atoms with E-state index >= 15 is 0 Å². The van der Waals surface area contributed by atoms with Crippen molar-refractivity contribution in [1.82, 2.24) is 0 Å². The Morgan fingerprint density at radius 3 is 1.11 bits per heavy atom. The van der Waals surface area contributed by atoms with E-state index in [4.69, 9.17) is 0 Å². The number of hydrogen-bond acceptors (Lipinski definition) is 2. The molecule has 0 spiro atoms. The van der Waals surface area contributed by atoms with Gasteiger partial charge in [-0.25, -0.2) is 0 Å². The van der Waals surface area contributed by atoms with Crippen molar-refractivity contribution in [3.63, 3.8) is 0 Å². The van der Waals surface area contributed by atoms with Crippen LogP contribution in [0.2, 0.25) is 0 Å². The van der Waals surface area contributed by atoms with E-state index in [1.54, 1.807) is 0 Å². The molecule has 4 aromatic rings. The van der Waals surface area contributed by atoms with Crippen LogP contribution in [0, 0.1) is 23.7 Å². The second-order valence-corrected chi connectivity index (χ2v) is 21.5. The van der Waals surface area contributed by atoms with Crippen LogP contribution in [0.3, 0.4) is 0 Å². The van der Waals surface area contributed by atoms with Gasteiger partial charge < -0.3 is 18.8 Å². The first-order chi connectivity index (χ1) is 31.2. The van der Waals surface area contributed by atoms with Crippen molar-refractivity contribution < 1.29 is 8.97 Å². The lowest BCUT2D eigenvalue weighted by molar-refractivity contribution is -0.870. The smallest absolute Gasteiger partial charge is 0.0780 e. The molecule has 0 radical (unpaired) electrons. The Labute approximate surface area is 399 Å². The molecule has 4 aromatic carbocycles. The molecule has 0 aromatic heterocycles. The van der Waals surface area contributed by atoms with Gasteiger partial charge in [0, 0.05) is 66.2 Å². The molecule has 1 aliphatic rings. The zero-order valence-corrected chi connectivity index (χ0v) is 42.9. The Morgan fingerprint density at radius 1 is 0.400 bits per heavy atom. The highest BCUT2D eigenvalue weighted by Gasteiger charge is 2.42. The summed E-state index contributed by atoms with van der Waals surface area (Å²) in [7, 11) is 18.3. The number of nitrogens with zero attached hydrogens (tertiary/aromatic N) is 4. The van der Waals surface area contributed by atoms with Crippen LogP contribution in [0.1, 0.15) is 163 Å². The van der Waals surface area contributed by atoms with Crippen molar-refractivity contribution in [3.8, 4) is 34.8 Å². The highest BCUT2D eigenvalue weighted by Crippen LogP contribution is 2.54. The lowest BCUT2D eigenvalue weighted by Gasteiger charge is -2.33. The molecule has 1 aliphatic carbocycles. The molecule has 0 heterocycles. The first kappa shape index (κ1) is 51.5. The number of unbranched alkanes of at least 4 members (excludes halogenated alkanes) is 12. The molecule has 5 rings (SSSR count). The summed E-state index contributed by atoms with van der Waals surface area (Å²) in [5.74, 6) is 14.4. The van der Waals surface area contributed by atoms with Gasteiger partial charge in [-0.3, -0.25) is 0 Å². The van der Waals surface area contributed by atoms with Crippen LogP contribution in [0.25, 0.3) is 11.1 Å². The highest BCUT2D eigenvalue weighted by molar-refractivity contribution is 5.82. The molecule has 0 saturated heterocycles. The quantitative estimate of drug-likeness (QED) is 0.0352. The molecule has 4 heteroatoms. The van der Waals surface area contributed by atoms with Gasteiger partial charge in [0.25, 0.3) is 0 Å². The molecule has 0 saturated carbocycles. The fraction of sp³-hybridized carbons (Fsp3) is 0.541. The van der Waals surface area contributed by atoms with Gasteiger partial charge in [-0.1, -0.05) is 114 Å². The van der Waals surface area contributed by atoms with E-state index in [1.165, 1.54) is 149 Å². The van der Waals surface area contributed by atoms with Gasteiger partial charge in [0.05, 0.1) is 55.4 Å². The molecule has 350 valence electrons. The van der Waals surface area contributed by atoms with Crippen LogP contribution in [0.4, 0.5) is 11.4 Å². The molecule has 0 N–H and O–H groups in total. The summed E-state index contributed by atoms with van der Waals surface area (Å²) in [6, 6.07) is 32.0. The maximum absolute atomic E-state index is 3.63. The van der Waals surface area contributed by atoms with Gasteiger partial charge in [0.15, 0.2) is 0 Å².